The van der Waals surface area contributed by atoms with E-state index in [4.69, 9.17) is 10.4 Å². The van der Waals surface area contributed by atoms with Gasteiger partial charge in [0.05, 0.1) is 18.9 Å². The molecule has 0 unspecified atom stereocenters. The van der Waals surface area contributed by atoms with Gasteiger partial charge >= 0.3 is 5.97 Å². The zero-order valence-corrected chi connectivity index (χ0v) is 11.0. The molecule has 1 rings (SSSR count). The van der Waals surface area contributed by atoms with E-state index in [2.05, 4.69) is 0 Å². The second kappa shape index (κ2) is 5.85. The summed E-state index contributed by atoms with van der Waals surface area (Å²) in [5.41, 5.74) is -0.539. The molecule has 18 heavy (non-hydrogen) atoms. The monoisotopic (exact) mass is 252 g/mol. The first kappa shape index (κ1) is 14.5. The number of hydrogen-bond donors (Lipinski definition) is 1. The van der Waals surface area contributed by atoms with Crippen molar-refractivity contribution in [3.63, 3.8) is 0 Å². The minimum atomic E-state index is -0.886. The Bertz CT molecular complexity index is 367. The van der Waals surface area contributed by atoms with E-state index in [0.29, 0.717) is 13.0 Å². The number of amides is 1. The summed E-state index contributed by atoms with van der Waals surface area (Å²) in [7, 11) is 0. The number of aliphatic carboxylic acids is 1. The van der Waals surface area contributed by atoms with Crippen molar-refractivity contribution in [2.45, 2.75) is 52.0 Å². The van der Waals surface area contributed by atoms with Gasteiger partial charge in [0.1, 0.15) is 0 Å². The van der Waals surface area contributed by atoms with Crippen LogP contribution in [0.25, 0.3) is 0 Å². The van der Waals surface area contributed by atoms with E-state index < -0.39 is 11.4 Å². The lowest BCUT2D eigenvalue weighted by Crippen LogP contribution is -2.37. The molecule has 0 aromatic carbocycles. The van der Waals surface area contributed by atoms with Gasteiger partial charge in [-0.25, -0.2) is 0 Å². The second-order valence-electron chi connectivity index (χ2n) is 5.64. The van der Waals surface area contributed by atoms with Gasteiger partial charge < -0.3 is 10.0 Å². The molecule has 0 aliphatic heterocycles. The molecule has 0 aromatic rings. The first-order valence-electron chi connectivity index (χ1n) is 6.24. The van der Waals surface area contributed by atoms with Gasteiger partial charge in [0.2, 0.25) is 5.91 Å². The van der Waals surface area contributed by atoms with E-state index in [-0.39, 0.29) is 24.8 Å². The Morgan fingerprint density at radius 3 is 2.44 bits per heavy atom. The van der Waals surface area contributed by atoms with Crippen molar-refractivity contribution < 1.29 is 14.7 Å². The van der Waals surface area contributed by atoms with Gasteiger partial charge in [-0.15, -0.1) is 0 Å². The number of carbonyl (C=O) groups is 2. The first-order valence-corrected chi connectivity index (χ1v) is 6.24. The van der Waals surface area contributed by atoms with Crippen molar-refractivity contribution in [1.29, 1.82) is 5.26 Å². The normalized spacial score (nSPS) is 14.9. The Morgan fingerprint density at radius 2 is 2.00 bits per heavy atom. The lowest BCUT2D eigenvalue weighted by Gasteiger charge is -2.27. The lowest BCUT2D eigenvalue weighted by atomic mass is 9.85. The van der Waals surface area contributed by atoms with E-state index in [1.165, 1.54) is 0 Å². The summed E-state index contributed by atoms with van der Waals surface area (Å²) in [5.74, 6) is -0.915. The van der Waals surface area contributed by atoms with E-state index in [1.807, 2.05) is 6.07 Å². The lowest BCUT2D eigenvalue weighted by molar-refractivity contribution is -0.140. The second-order valence-corrected chi connectivity index (χ2v) is 5.64. The molecule has 5 heteroatoms. The van der Waals surface area contributed by atoms with Crippen LogP contribution in [0.2, 0.25) is 0 Å². The summed E-state index contributed by atoms with van der Waals surface area (Å²) in [6, 6.07) is 2.31. The standard InChI is InChI=1S/C13H20N2O3/c1-13(2,9-12(17)18)8-11(16)15(7-3-6-14)10-4-5-10/h10H,3-5,7-9H2,1-2H3,(H,17,18). The van der Waals surface area contributed by atoms with Crippen LogP contribution in [0, 0.1) is 16.7 Å². The molecule has 0 atom stereocenters. The third kappa shape index (κ3) is 4.74. The minimum absolute atomic E-state index is 0.0184. The summed E-state index contributed by atoms with van der Waals surface area (Å²) in [6.45, 7) is 4.03. The molecule has 0 aromatic heterocycles. The number of hydrogen-bond acceptors (Lipinski definition) is 3. The molecule has 0 saturated heterocycles. The maximum atomic E-state index is 12.2. The molecule has 0 spiro atoms. The van der Waals surface area contributed by atoms with Crippen molar-refractivity contribution in [2.24, 2.45) is 5.41 Å². The van der Waals surface area contributed by atoms with Gasteiger partial charge in [-0.1, -0.05) is 13.8 Å². The molecule has 0 radical (unpaired) electrons. The molecular weight excluding hydrogens is 232 g/mol. The van der Waals surface area contributed by atoms with Gasteiger partial charge in [0, 0.05) is 19.0 Å². The molecular formula is C13H20N2O3. The van der Waals surface area contributed by atoms with Gasteiger partial charge in [-0.05, 0) is 18.3 Å². The molecule has 100 valence electrons. The highest BCUT2D eigenvalue weighted by Crippen LogP contribution is 2.31. The van der Waals surface area contributed by atoms with E-state index in [0.717, 1.165) is 12.8 Å². The number of nitrogens with zero attached hydrogens (tertiary/aromatic N) is 2. The SMILES string of the molecule is CC(C)(CC(=O)O)CC(=O)N(CCC#N)C1CC1. The number of nitriles is 1. The van der Waals surface area contributed by atoms with Crippen LogP contribution in [0.15, 0.2) is 0 Å². The molecule has 0 bridgehead atoms. The molecule has 0 heterocycles. The summed E-state index contributed by atoms with van der Waals surface area (Å²) < 4.78 is 0. The van der Waals surface area contributed by atoms with E-state index in [1.54, 1.807) is 18.7 Å². The summed E-state index contributed by atoms with van der Waals surface area (Å²) in [4.78, 5) is 24.6. The number of carboxylic acids is 1. The summed E-state index contributed by atoms with van der Waals surface area (Å²) in [5, 5.41) is 17.4. The van der Waals surface area contributed by atoms with Crippen LogP contribution in [0.1, 0.15) is 46.0 Å². The summed E-state index contributed by atoms with van der Waals surface area (Å²) in [6.07, 6.45) is 2.53. The van der Waals surface area contributed by atoms with Crippen LogP contribution in [0.4, 0.5) is 0 Å². The quantitative estimate of drug-likeness (QED) is 0.748. The topological polar surface area (TPSA) is 81.4 Å². The fraction of sp³-hybridized carbons (Fsp3) is 0.769. The smallest absolute Gasteiger partial charge is 0.303 e. The number of rotatable bonds is 7. The van der Waals surface area contributed by atoms with Gasteiger partial charge in [-0.3, -0.25) is 9.59 Å². The largest absolute Gasteiger partial charge is 0.481 e. The fourth-order valence-electron chi connectivity index (χ4n) is 2.05. The van der Waals surface area contributed by atoms with Crippen molar-refractivity contribution in [1.82, 2.24) is 4.90 Å². The molecule has 5 nitrogen and oxygen atoms in total. The molecule has 1 aliphatic rings. The Labute approximate surface area is 107 Å². The Kier molecular flexibility index (Phi) is 4.71. The average Bonchev–Trinajstić information content (AvgIpc) is 2.99. The highest BCUT2D eigenvalue weighted by molar-refractivity contribution is 5.78. The Balaban J connectivity index is 2.55. The van der Waals surface area contributed by atoms with Gasteiger partial charge in [0.15, 0.2) is 0 Å². The van der Waals surface area contributed by atoms with Gasteiger partial charge in [0.25, 0.3) is 0 Å². The predicted octanol–water partition coefficient (Wildman–Crippen LogP) is 1.78. The zero-order chi connectivity index (χ0) is 13.8. The third-order valence-corrected chi connectivity index (χ3v) is 3.03. The molecule has 1 aliphatic carbocycles. The van der Waals surface area contributed by atoms with Crippen LogP contribution in [-0.4, -0.2) is 34.5 Å². The minimum Gasteiger partial charge on any atom is -0.481 e. The van der Waals surface area contributed by atoms with Crippen LogP contribution >= 0.6 is 0 Å². The highest BCUT2D eigenvalue weighted by Gasteiger charge is 2.35. The maximum Gasteiger partial charge on any atom is 0.303 e. The number of carboxylic acid groups (broad SMARTS) is 1. The predicted molar refractivity (Wildman–Crippen MR) is 65.6 cm³/mol. The van der Waals surface area contributed by atoms with Gasteiger partial charge in [-0.2, -0.15) is 5.26 Å². The average molecular weight is 252 g/mol. The van der Waals surface area contributed by atoms with Crippen LogP contribution < -0.4 is 0 Å². The van der Waals surface area contributed by atoms with Crippen molar-refractivity contribution >= 4 is 11.9 Å². The van der Waals surface area contributed by atoms with Crippen LogP contribution in [0.3, 0.4) is 0 Å². The van der Waals surface area contributed by atoms with Crippen molar-refractivity contribution in [3.05, 3.63) is 0 Å². The number of carbonyl (C=O) groups excluding carboxylic acids is 1. The fourth-order valence-corrected chi connectivity index (χ4v) is 2.05. The van der Waals surface area contributed by atoms with E-state index >= 15 is 0 Å². The highest BCUT2D eigenvalue weighted by atomic mass is 16.4. The Hall–Kier alpha value is -1.57. The first-order chi connectivity index (χ1) is 8.35. The summed E-state index contributed by atoms with van der Waals surface area (Å²) >= 11 is 0. The van der Waals surface area contributed by atoms with Crippen molar-refractivity contribution in [2.75, 3.05) is 6.54 Å². The third-order valence-electron chi connectivity index (χ3n) is 3.03. The van der Waals surface area contributed by atoms with Crippen LogP contribution in [0.5, 0.6) is 0 Å². The molecule has 1 amide bonds. The molecule has 1 N–H and O–H groups in total. The maximum absolute atomic E-state index is 12.2. The van der Waals surface area contributed by atoms with Crippen LogP contribution in [-0.2, 0) is 9.59 Å². The molecule has 1 saturated carbocycles. The molecule has 1 fully saturated rings. The zero-order valence-electron chi connectivity index (χ0n) is 11.0. The van der Waals surface area contributed by atoms with E-state index in [9.17, 15) is 9.59 Å². The van der Waals surface area contributed by atoms with Crippen molar-refractivity contribution in [3.8, 4) is 6.07 Å². The Morgan fingerprint density at radius 1 is 1.39 bits per heavy atom.